The van der Waals surface area contributed by atoms with Crippen molar-refractivity contribution in [2.75, 3.05) is 0 Å². The Balaban J connectivity index is 0.00000106. The van der Waals surface area contributed by atoms with E-state index in [-0.39, 0.29) is 0 Å². The van der Waals surface area contributed by atoms with Crippen LogP contribution in [0.3, 0.4) is 0 Å². The molecule has 1 atom stereocenters. The van der Waals surface area contributed by atoms with Gasteiger partial charge < -0.3 is 4.98 Å². The summed E-state index contributed by atoms with van der Waals surface area (Å²) in [6.45, 7) is 9.54. The van der Waals surface area contributed by atoms with Crippen LogP contribution in [0.5, 0.6) is 0 Å². The van der Waals surface area contributed by atoms with Crippen LogP contribution in [0.1, 0.15) is 26.5 Å². The van der Waals surface area contributed by atoms with E-state index in [4.69, 9.17) is 0 Å². The fourth-order valence-electron chi connectivity index (χ4n) is 1.64. The summed E-state index contributed by atoms with van der Waals surface area (Å²) in [4.78, 5) is 11.5. The smallest absolute Gasteiger partial charge is 0.197 e. The minimum atomic E-state index is -1.23. The minimum absolute atomic E-state index is 0.352. The quantitative estimate of drug-likeness (QED) is 0.938. The number of nitrogens with zero attached hydrogens (tertiary/aromatic N) is 2. The molecule has 4 nitrogen and oxygen atoms in total. The van der Waals surface area contributed by atoms with Crippen LogP contribution >= 0.6 is 0 Å². The highest BCUT2D eigenvalue weighted by atomic mass is 32.2. The molecule has 0 aliphatic rings. The normalized spacial score (nSPS) is 13.5. The molecule has 112 valence electrons. The van der Waals surface area contributed by atoms with Crippen molar-refractivity contribution in [3.63, 3.8) is 0 Å². The molecule has 2 heterocycles. The standard InChI is InChI=1S/C14H15N3OS.C2H6/c1-3-7-13-12(4-2)16-14(17-13)19(18)10-11-8-5-6-9-15-11;1-2/h3-9H,1,10H2,2H3,(H,16,17);1-2H3/b12-4+,13-7+;. The number of aromatic amines is 1. The fourth-order valence-corrected chi connectivity index (χ4v) is 2.64. The number of hydrogen-bond donors (Lipinski definition) is 1. The van der Waals surface area contributed by atoms with Gasteiger partial charge in [0.2, 0.25) is 0 Å². The van der Waals surface area contributed by atoms with Crippen LogP contribution in [0.4, 0.5) is 0 Å². The second kappa shape index (κ2) is 9.02. The zero-order chi connectivity index (χ0) is 15.7. The van der Waals surface area contributed by atoms with E-state index in [9.17, 15) is 4.21 Å². The van der Waals surface area contributed by atoms with Crippen molar-refractivity contribution in [3.8, 4) is 0 Å². The van der Waals surface area contributed by atoms with Gasteiger partial charge in [0, 0.05) is 6.20 Å². The summed E-state index contributed by atoms with van der Waals surface area (Å²) < 4.78 is 12.2. The van der Waals surface area contributed by atoms with E-state index < -0.39 is 10.8 Å². The Morgan fingerprint density at radius 3 is 2.71 bits per heavy atom. The van der Waals surface area contributed by atoms with Crippen LogP contribution in [0.25, 0.3) is 12.2 Å². The molecule has 21 heavy (non-hydrogen) atoms. The van der Waals surface area contributed by atoms with Gasteiger partial charge in [-0.2, -0.15) is 0 Å². The maximum Gasteiger partial charge on any atom is 0.197 e. The van der Waals surface area contributed by atoms with Crippen LogP contribution < -0.4 is 10.7 Å². The van der Waals surface area contributed by atoms with Crippen molar-refractivity contribution >= 4 is 23.0 Å². The van der Waals surface area contributed by atoms with Crippen molar-refractivity contribution in [2.45, 2.75) is 31.7 Å². The highest BCUT2D eigenvalue weighted by molar-refractivity contribution is 7.84. The molecule has 0 aliphatic heterocycles. The van der Waals surface area contributed by atoms with Crippen LogP contribution in [-0.4, -0.2) is 19.2 Å². The van der Waals surface area contributed by atoms with E-state index in [0.717, 1.165) is 16.4 Å². The predicted octanol–water partition coefficient (Wildman–Crippen LogP) is 1.91. The molecule has 0 amide bonds. The van der Waals surface area contributed by atoms with Gasteiger partial charge in [-0.3, -0.25) is 9.19 Å². The second-order valence-electron chi connectivity index (χ2n) is 3.84. The Morgan fingerprint density at radius 2 is 2.14 bits per heavy atom. The van der Waals surface area contributed by atoms with Gasteiger partial charge in [0.15, 0.2) is 5.16 Å². The average molecular weight is 303 g/mol. The summed E-state index contributed by atoms with van der Waals surface area (Å²) in [7, 11) is -1.23. The molecular formula is C16H21N3OS. The lowest BCUT2D eigenvalue weighted by Crippen LogP contribution is -2.23. The van der Waals surface area contributed by atoms with E-state index >= 15 is 0 Å². The van der Waals surface area contributed by atoms with Gasteiger partial charge >= 0.3 is 0 Å². The number of nitrogens with one attached hydrogen (secondary N) is 1. The summed E-state index contributed by atoms with van der Waals surface area (Å²) in [6.07, 6.45) is 7.04. The molecule has 0 spiro atoms. The fraction of sp³-hybridized carbons (Fsp3) is 0.250. The SMILES string of the molecule is C=C/C=c1/[nH]c(S(=O)Cc2ccccn2)n/c1=C/C.CC. The summed E-state index contributed by atoms with van der Waals surface area (Å²) in [6, 6.07) is 5.56. The molecule has 0 fully saturated rings. The molecular weight excluding hydrogens is 282 g/mol. The highest BCUT2D eigenvalue weighted by Gasteiger charge is 2.09. The number of pyridine rings is 1. The first-order valence-corrected chi connectivity index (χ1v) is 8.20. The maximum atomic E-state index is 12.2. The van der Waals surface area contributed by atoms with Gasteiger partial charge in [-0.1, -0.05) is 38.6 Å². The van der Waals surface area contributed by atoms with Gasteiger partial charge in [0.1, 0.15) is 0 Å². The van der Waals surface area contributed by atoms with Gasteiger partial charge in [-0.25, -0.2) is 4.98 Å². The maximum absolute atomic E-state index is 12.2. The lowest BCUT2D eigenvalue weighted by atomic mass is 10.4. The Morgan fingerprint density at radius 1 is 1.38 bits per heavy atom. The molecule has 2 rings (SSSR count). The second-order valence-corrected chi connectivity index (χ2v) is 5.21. The molecule has 1 N–H and O–H groups in total. The first-order valence-electron chi connectivity index (χ1n) is 6.88. The summed E-state index contributed by atoms with van der Waals surface area (Å²) in [5, 5.41) is 2.07. The van der Waals surface area contributed by atoms with Gasteiger partial charge in [-0.15, -0.1) is 0 Å². The lowest BCUT2D eigenvalue weighted by Gasteiger charge is -1.97. The molecule has 0 aliphatic carbocycles. The number of H-pyrrole nitrogens is 1. The monoisotopic (exact) mass is 303 g/mol. The third kappa shape index (κ3) is 4.79. The minimum Gasteiger partial charge on any atom is -0.331 e. The number of allylic oxidation sites excluding steroid dienone is 1. The zero-order valence-electron chi connectivity index (χ0n) is 12.7. The molecule has 0 aromatic carbocycles. The molecule has 2 aromatic heterocycles. The Labute approximate surface area is 127 Å². The first kappa shape index (κ1) is 17.0. The summed E-state index contributed by atoms with van der Waals surface area (Å²) in [5.74, 6) is 0.352. The van der Waals surface area contributed by atoms with E-state index in [0.29, 0.717) is 10.9 Å². The van der Waals surface area contributed by atoms with Crippen molar-refractivity contribution in [1.82, 2.24) is 15.0 Å². The van der Waals surface area contributed by atoms with E-state index in [1.165, 1.54) is 0 Å². The molecule has 5 heteroatoms. The van der Waals surface area contributed by atoms with Gasteiger partial charge in [0.05, 0.1) is 32.9 Å². The lowest BCUT2D eigenvalue weighted by molar-refractivity contribution is 0.676. The van der Waals surface area contributed by atoms with Crippen molar-refractivity contribution in [2.24, 2.45) is 0 Å². The van der Waals surface area contributed by atoms with E-state index in [1.54, 1.807) is 12.3 Å². The van der Waals surface area contributed by atoms with Crippen LogP contribution in [0.2, 0.25) is 0 Å². The summed E-state index contributed by atoms with van der Waals surface area (Å²) >= 11 is 0. The molecule has 1 unspecified atom stereocenters. The Hall–Kier alpha value is -2.01. The van der Waals surface area contributed by atoms with Crippen LogP contribution in [0.15, 0.2) is 42.2 Å². The van der Waals surface area contributed by atoms with Crippen molar-refractivity contribution < 1.29 is 4.21 Å². The molecule has 0 saturated heterocycles. The first-order chi connectivity index (χ1) is 10.2. The number of rotatable bonds is 4. The third-order valence-electron chi connectivity index (χ3n) is 2.52. The highest BCUT2D eigenvalue weighted by Crippen LogP contribution is 2.03. The van der Waals surface area contributed by atoms with Crippen LogP contribution in [-0.2, 0) is 16.6 Å². The van der Waals surface area contributed by atoms with Crippen LogP contribution in [0, 0.1) is 0 Å². The summed E-state index contributed by atoms with van der Waals surface area (Å²) in [5.41, 5.74) is 0.786. The van der Waals surface area contributed by atoms with E-state index in [1.807, 2.05) is 51.1 Å². The largest absolute Gasteiger partial charge is 0.331 e. The number of hydrogen-bond acceptors (Lipinski definition) is 3. The van der Waals surface area contributed by atoms with Crippen molar-refractivity contribution in [3.05, 3.63) is 53.4 Å². The van der Waals surface area contributed by atoms with Crippen molar-refractivity contribution in [1.29, 1.82) is 0 Å². The molecule has 0 saturated carbocycles. The molecule has 2 aromatic rings. The van der Waals surface area contributed by atoms with Gasteiger partial charge in [0.25, 0.3) is 0 Å². The number of imidazole rings is 1. The third-order valence-corrected chi connectivity index (χ3v) is 3.70. The number of aromatic nitrogens is 3. The average Bonchev–Trinajstić information content (AvgIpc) is 2.94. The van der Waals surface area contributed by atoms with Gasteiger partial charge in [-0.05, 0) is 25.1 Å². The Bertz CT molecular complexity index is 705. The molecule has 0 bridgehead atoms. The molecule has 0 radical (unpaired) electrons. The van der Waals surface area contributed by atoms with E-state index in [2.05, 4.69) is 21.5 Å². The topological polar surface area (TPSA) is 58.6 Å². The Kier molecular flexibility index (Phi) is 7.32. The zero-order valence-corrected chi connectivity index (χ0v) is 13.5. The predicted molar refractivity (Wildman–Crippen MR) is 88.3 cm³/mol.